The van der Waals surface area contributed by atoms with Gasteiger partial charge in [-0.3, -0.25) is 0 Å². The van der Waals surface area contributed by atoms with E-state index in [2.05, 4.69) is 20.8 Å². The second-order valence-electron chi connectivity index (χ2n) is 3.75. The largest absolute Gasteiger partial charge is 0.379 e. The summed E-state index contributed by atoms with van der Waals surface area (Å²) in [4.78, 5) is 3.61. The molecule has 6 nitrogen and oxygen atoms in total. The van der Waals surface area contributed by atoms with Crippen LogP contribution in [0.15, 0.2) is 14.7 Å². The van der Waals surface area contributed by atoms with Crippen molar-refractivity contribution in [3.63, 3.8) is 0 Å². The summed E-state index contributed by atoms with van der Waals surface area (Å²) in [7, 11) is -3.55. The van der Waals surface area contributed by atoms with Gasteiger partial charge in [0.25, 0.3) is 10.0 Å². The van der Waals surface area contributed by atoms with Crippen LogP contribution in [0.3, 0.4) is 0 Å². The molecule has 1 aromatic heterocycles. The molecule has 3 N–H and O–H groups in total. The highest BCUT2D eigenvalue weighted by Crippen LogP contribution is 2.31. The number of rotatable bonds is 4. The first-order chi connectivity index (χ1) is 8.53. The van der Waals surface area contributed by atoms with Crippen LogP contribution in [0.5, 0.6) is 0 Å². The van der Waals surface area contributed by atoms with Crippen LogP contribution in [0.1, 0.15) is 4.88 Å². The summed E-state index contributed by atoms with van der Waals surface area (Å²) < 4.78 is 30.1. The number of ether oxygens (including phenoxy) is 1. The van der Waals surface area contributed by atoms with Crippen molar-refractivity contribution in [1.82, 2.24) is 9.84 Å². The van der Waals surface area contributed by atoms with E-state index in [1.807, 2.05) is 0 Å². The molecule has 2 rings (SSSR count). The van der Waals surface area contributed by atoms with Crippen molar-refractivity contribution in [2.75, 3.05) is 26.3 Å². The lowest BCUT2D eigenvalue weighted by atomic mass is 10.5. The fourth-order valence-electron chi connectivity index (χ4n) is 1.56. The minimum Gasteiger partial charge on any atom is -0.379 e. The molecule has 0 aliphatic carbocycles. The Morgan fingerprint density at radius 2 is 2.17 bits per heavy atom. The third-order valence-electron chi connectivity index (χ3n) is 2.46. The predicted molar refractivity (Wildman–Crippen MR) is 72.6 cm³/mol. The molecule has 9 heteroatoms. The number of morpholine rings is 1. The first kappa shape index (κ1) is 14.4. The Bertz CT molecular complexity index is 511. The lowest BCUT2D eigenvalue weighted by Crippen LogP contribution is -2.48. The maximum atomic E-state index is 12.2. The van der Waals surface area contributed by atoms with Crippen molar-refractivity contribution in [1.29, 1.82) is 0 Å². The SMILES string of the molecule is NCc1cc(S(=O)(=O)NN2CCOCC2)c(Br)s1. The van der Waals surface area contributed by atoms with Crippen LogP contribution in [-0.4, -0.2) is 39.7 Å². The Kier molecular flexibility index (Phi) is 4.75. The van der Waals surface area contributed by atoms with Gasteiger partial charge in [-0.05, 0) is 22.0 Å². The van der Waals surface area contributed by atoms with Gasteiger partial charge < -0.3 is 10.5 Å². The maximum Gasteiger partial charge on any atom is 0.255 e. The van der Waals surface area contributed by atoms with Gasteiger partial charge in [-0.1, -0.05) is 0 Å². The molecule has 1 aromatic rings. The van der Waals surface area contributed by atoms with Crippen molar-refractivity contribution >= 4 is 37.3 Å². The standard InChI is InChI=1S/C9H14BrN3O3S2/c10-9-8(5-7(6-11)17-9)18(14,15)12-13-1-3-16-4-2-13/h5,12H,1-4,6,11H2. The number of nitrogens with one attached hydrogen (secondary N) is 1. The van der Waals surface area contributed by atoms with E-state index in [-0.39, 0.29) is 4.90 Å². The lowest BCUT2D eigenvalue weighted by molar-refractivity contribution is 0.0272. The highest BCUT2D eigenvalue weighted by atomic mass is 79.9. The molecule has 0 spiro atoms. The number of nitrogens with two attached hydrogens (primary N) is 1. The third kappa shape index (κ3) is 3.29. The molecule has 0 bridgehead atoms. The van der Waals surface area contributed by atoms with Gasteiger partial charge in [0.05, 0.1) is 17.0 Å². The Labute approximate surface area is 118 Å². The van der Waals surface area contributed by atoms with Crippen LogP contribution >= 0.6 is 27.3 Å². The van der Waals surface area contributed by atoms with Crippen molar-refractivity contribution < 1.29 is 13.2 Å². The Morgan fingerprint density at radius 1 is 1.50 bits per heavy atom. The molecule has 1 saturated heterocycles. The number of nitrogens with zero attached hydrogens (tertiary/aromatic N) is 1. The van der Waals surface area contributed by atoms with Gasteiger partial charge >= 0.3 is 0 Å². The zero-order valence-electron chi connectivity index (χ0n) is 9.56. The number of sulfonamides is 1. The van der Waals surface area contributed by atoms with E-state index < -0.39 is 10.0 Å². The van der Waals surface area contributed by atoms with Crippen LogP contribution in [0.4, 0.5) is 0 Å². The maximum absolute atomic E-state index is 12.2. The molecule has 0 amide bonds. The third-order valence-corrected chi connectivity index (χ3v) is 6.11. The minimum absolute atomic E-state index is 0.236. The fourth-order valence-corrected chi connectivity index (χ4v) is 5.24. The molecule has 1 fully saturated rings. The fraction of sp³-hybridized carbons (Fsp3) is 0.556. The number of hydrogen-bond acceptors (Lipinski definition) is 6. The second-order valence-corrected chi connectivity index (χ2v) is 7.83. The lowest BCUT2D eigenvalue weighted by Gasteiger charge is -2.26. The van der Waals surface area contributed by atoms with Gasteiger partial charge in [0.15, 0.2) is 0 Å². The van der Waals surface area contributed by atoms with E-state index in [0.29, 0.717) is 36.6 Å². The summed E-state index contributed by atoms with van der Waals surface area (Å²) in [5.74, 6) is 0. The molecular formula is C9H14BrN3O3S2. The van der Waals surface area contributed by atoms with Gasteiger partial charge in [-0.15, -0.1) is 16.2 Å². The number of halogens is 1. The summed E-state index contributed by atoms with van der Waals surface area (Å²) >= 11 is 4.59. The van der Waals surface area contributed by atoms with E-state index in [1.165, 1.54) is 11.3 Å². The summed E-state index contributed by atoms with van der Waals surface area (Å²) in [5, 5.41) is 1.64. The van der Waals surface area contributed by atoms with Crippen LogP contribution in [0.2, 0.25) is 0 Å². The molecule has 18 heavy (non-hydrogen) atoms. The van der Waals surface area contributed by atoms with Crippen LogP contribution < -0.4 is 10.6 Å². The quantitative estimate of drug-likeness (QED) is 0.821. The van der Waals surface area contributed by atoms with E-state index in [4.69, 9.17) is 10.5 Å². The highest BCUT2D eigenvalue weighted by Gasteiger charge is 2.24. The molecular weight excluding hydrogens is 342 g/mol. The Hall–Kier alpha value is -0.0300. The van der Waals surface area contributed by atoms with E-state index in [1.54, 1.807) is 11.1 Å². The summed E-state index contributed by atoms with van der Waals surface area (Å²) in [5.41, 5.74) is 5.51. The normalized spacial score (nSPS) is 18.1. The number of thiophene rings is 1. The van der Waals surface area contributed by atoms with E-state index in [9.17, 15) is 8.42 Å². The van der Waals surface area contributed by atoms with Crippen molar-refractivity contribution in [2.24, 2.45) is 5.73 Å². The summed E-state index contributed by atoms with van der Waals surface area (Å²) in [6.07, 6.45) is 0. The molecule has 0 saturated carbocycles. The van der Waals surface area contributed by atoms with Crippen molar-refractivity contribution in [2.45, 2.75) is 11.4 Å². The number of hydrazine groups is 1. The molecule has 0 radical (unpaired) electrons. The zero-order chi connectivity index (χ0) is 13.2. The smallest absolute Gasteiger partial charge is 0.255 e. The topological polar surface area (TPSA) is 84.7 Å². The van der Waals surface area contributed by atoms with Gasteiger partial charge in [-0.2, -0.15) is 0 Å². The Morgan fingerprint density at radius 3 is 2.72 bits per heavy atom. The van der Waals surface area contributed by atoms with Crippen molar-refractivity contribution in [3.05, 3.63) is 14.7 Å². The monoisotopic (exact) mass is 355 g/mol. The summed E-state index contributed by atoms with van der Waals surface area (Å²) in [6, 6.07) is 1.59. The molecule has 0 aromatic carbocycles. The van der Waals surface area contributed by atoms with Gasteiger partial charge in [0.2, 0.25) is 0 Å². The summed E-state index contributed by atoms with van der Waals surface area (Å²) in [6.45, 7) is 2.48. The zero-order valence-corrected chi connectivity index (χ0v) is 12.8. The van der Waals surface area contributed by atoms with Crippen LogP contribution in [0.25, 0.3) is 0 Å². The first-order valence-electron chi connectivity index (χ1n) is 5.36. The molecule has 2 heterocycles. The molecule has 1 aliphatic rings. The van der Waals surface area contributed by atoms with Crippen LogP contribution in [-0.2, 0) is 21.3 Å². The molecule has 0 unspecified atom stereocenters. The van der Waals surface area contributed by atoms with E-state index >= 15 is 0 Å². The van der Waals surface area contributed by atoms with Crippen molar-refractivity contribution in [3.8, 4) is 0 Å². The molecule has 1 aliphatic heterocycles. The highest BCUT2D eigenvalue weighted by molar-refractivity contribution is 9.11. The molecule has 0 atom stereocenters. The minimum atomic E-state index is -3.55. The second kappa shape index (κ2) is 5.95. The average Bonchev–Trinajstić information content (AvgIpc) is 2.72. The average molecular weight is 356 g/mol. The van der Waals surface area contributed by atoms with Gasteiger partial charge in [-0.25, -0.2) is 13.4 Å². The molecule has 102 valence electrons. The van der Waals surface area contributed by atoms with E-state index in [0.717, 1.165) is 4.88 Å². The van der Waals surface area contributed by atoms with Gasteiger partial charge in [0, 0.05) is 24.5 Å². The number of hydrogen-bond donors (Lipinski definition) is 2. The first-order valence-corrected chi connectivity index (χ1v) is 8.45. The van der Waals surface area contributed by atoms with Gasteiger partial charge in [0.1, 0.15) is 4.90 Å². The predicted octanol–water partition coefficient (Wildman–Crippen LogP) is 0.495. The van der Waals surface area contributed by atoms with Crippen LogP contribution in [0, 0.1) is 0 Å². The Balaban J connectivity index is 2.16.